The smallest absolute Gasteiger partial charge is 0.246 e. The zero-order valence-electron chi connectivity index (χ0n) is 35.9. The van der Waals surface area contributed by atoms with Crippen molar-refractivity contribution >= 4 is 58.3 Å². The maximum Gasteiger partial charge on any atom is 0.246 e. The van der Waals surface area contributed by atoms with Crippen LogP contribution in [0.3, 0.4) is 0 Å². The third kappa shape index (κ3) is 12.5. The fourth-order valence-corrected chi connectivity index (χ4v) is 7.86. The number of aromatic nitrogens is 1. The first-order chi connectivity index (χ1) is 30.1. The lowest BCUT2D eigenvalue weighted by molar-refractivity contribution is -0.146. The van der Waals surface area contributed by atoms with Gasteiger partial charge in [0, 0.05) is 49.6 Å². The number of para-hydroxylation sites is 1. The molecule has 3 heterocycles. The molecule has 20 nitrogen and oxygen atoms in total. The van der Waals surface area contributed by atoms with Gasteiger partial charge >= 0.3 is 0 Å². The highest BCUT2D eigenvalue weighted by molar-refractivity contribution is 5.99. The number of carbonyl (C=O) groups is 6. The predicted octanol–water partition coefficient (Wildman–Crippen LogP) is -1.36. The number of hydrogen-bond donors (Lipinski definition) is 11. The van der Waals surface area contributed by atoms with Crippen molar-refractivity contribution in [3.63, 3.8) is 0 Å². The van der Waals surface area contributed by atoms with Crippen LogP contribution in [0.15, 0.2) is 64.7 Å². The maximum atomic E-state index is 15.1. The summed E-state index contributed by atoms with van der Waals surface area (Å²) in [6.07, 6.45) is 1.26. The fourth-order valence-electron chi connectivity index (χ4n) is 7.86. The molecule has 2 aliphatic rings. The summed E-state index contributed by atoms with van der Waals surface area (Å²) in [4.78, 5) is 99.3. The van der Waals surface area contributed by atoms with Gasteiger partial charge in [0.15, 0.2) is 11.9 Å². The number of aliphatic hydroxyl groups is 1. The Hall–Kier alpha value is -6.70. The number of carbonyl (C=O) groups excluding carboxylic acids is 6. The van der Waals surface area contributed by atoms with Gasteiger partial charge in [0.25, 0.3) is 0 Å². The second-order valence-electron chi connectivity index (χ2n) is 16.2. The van der Waals surface area contributed by atoms with Crippen LogP contribution in [0.5, 0.6) is 0 Å². The van der Waals surface area contributed by atoms with Crippen molar-refractivity contribution < 1.29 is 33.9 Å². The first kappa shape index (κ1) is 47.4. The highest BCUT2D eigenvalue weighted by Gasteiger charge is 2.42. The number of H-pyrrole nitrogens is 1. The molecule has 20 heteroatoms. The van der Waals surface area contributed by atoms with E-state index in [1.54, 1.807) is 13.1 Å². The van der Waals surface area contributed by atoms with Crippen LogP contribution in [0, 0.1) is 5.92 Å². The Morgan fingerprint density at radius 3 is 1.86 bits per heavy atom. The lowest BCUT2D eigenvalue weighted by atomic mass is 9.91. The summed E-state index contributed by atoms with van der Waals surface area (Å²) in [5, 5.41) is 25.5. The Kier molecular flexibility index (Phi) is 16.5. The molecule has 0 saturated carbocycles. The predicted molar refractivity (Wildman–Crippen MR) is 237 cm³/mol. The normalized spacial score (nSPS) is 23.6. The number of amides is 6. The van der Waals surface area contributed by atoms with Crippen LogP contribution >= 0.6 is 0 Å². The van der Waals surface area contributed by atoms with Crippen molar-refractivity contribution in [2.75, 3.05) is 13.1 Å². The Morgan fingerprint density at radius 2 is 1.25 bits per heavy atom. The van der Waals surface area contributed by atoms with Gasteiger partial charge in [-0.2, -0.15) is 0 Å². The standard InChI is InChI=1S/C43H61N13O7/c1-4-23(2)34-39(61)52-31(16-10-18-49-43(46)47)36(58)51-30(15-9-17-48-42(44)45)37(59)53-32(19-27-21-50-29-14-8-7-13-28(27)29)41(63)56-22-26-12-6-5-11-25(26)20-33(56)38(60)55-35(24(3)57)40(62)54-34/h5-8,11-14,21,23-24,30-35,50,57H,4,9-10,15-20,22H2,1-3H3,(H,51,58)(H,52,61)(H,53,59)(H,54,62)(H,55,60)(H4,44,45,48)(H4,46,47,49)/t23-,24+,30-,31+,32-,33+,34-,35-/m0/s1. The summed E-state index contributed by atoms with van der Waals surface area (Å²) < 4.78 is 0. The van der Waals surface area contributed by atoms with E-state index >= 15 is 4.79 Å². The minimum absolute atomic E-state index is 0.0176. The van der Waals surface area contributed by atoms with Crippen molar-refractivity contribution in [1.82, 2.24) is 36.5 Å². The minimum atomic E-state index is -1.55. The lowest BCUT2D eigenvalue weighted by Crippen LogP contribution is -2.64. The summed E-state index contributed by atoms with van der Waals surface area (Å²) in [7, 11) is 0. The molecule has 0 unspecified atom stereocenters. The maximum absolute atomic E-state index is 15.1. The topological polar surface area (TPSA) is 331 Å². The van der Waals surface area contributed by atoms with E-state index in [1.807, 2.05) is 55.5 Å². The van der Waals surface area contributed by atoms with Gasteiger partial charge in [-0.25, -0.2) is 0 Å². The lowest BCUT2D eigenvalue weighted by Gasteiger charge is -2.39. The Balaban J connectivity index is 1.62. The van der Waals surface area contributed by atoms with E-state index in [-0.39, 0.29) is 70.1 Å². The molecule has 1 fully saturated rings. The van der Waals surface area contributed by atoms with Crippen molar-refractivity contribution in [3.8, 4) is 0 Å². The molecule has 0 spiro atoms. The average molecular weight is 872 g/mol. The molecular weight excluding hydrogens is 811 g/mol. The molecular formula is C43H61N13O7. The number of nitrogens with one attached hydrogen (secondary N) is 6. The second-order valence-corrected chi connectivity index (χ2v) is 16.2. The number of aliphatic imine (C=N–C) groups is 2. The number of nitrogens with zero attached hydrogens (tertiary/aromatic N) is 3. The van der Waals surface area contributed by atoms with Gasteiger partial charge in [-0.05, 0) is 61.3 Å². The summed E-state index contributed by atoms with van der Waals surface area (Å²) in [5.41, 5.74) is 25.2. The van der Waals surface area contributed by atoms with E-state index in [0.29, 0.717) is 12.0 Å². The first-order valence-electron chi connectivity index (χ1n) is 21.3. The molecule has 5 rings (SSSR count). The summed E-state index contributed by atoms with van der Waals surface area (Å²) >= 11 is 0. The van der Waals surface area contributed by atoms with E-state index in [9.17, 15) is 29.1 Å². The van der Waals surface area contributed by atoms with Crippen molar-refractivity contribution in [2.45, 2.75) is 115 Å². The van der Waals surface area contributed by atoms with Crippen LogP contribution in [0.1, 0.15) is 69.6 Å². The SMILES string of the molecule is CC[C@H](C)[C@@H]1NC(=O)[C@H]([C@@H](C)O)NC(=O)[C@H]2Cc3ccccc3CN2C(=O)[C@H](Cc2c[nH]c3ccccc23)NC(=O)[C@H](CCCN=C(N)N)NC(=O)[C@@H](CCCN=C(N)N)NC1=O. The largest absolute Gasteiger partial charge is 0.391 e. The molecule has 6 amide bonds. The molecule has 3 aromatic rings. The number of aliphatic hydroxyl groups excluding tert-OH is 1. The Labute approximate surface area is 365 Å². The van der Waals surface area contributed by atoms with Crippen molar-refractivity contribution in [3.05, 3.63) is 71.4 Å². The van der Waals surface area contributed by atoms with Crippen molar-refractivity contribution in [1.29, 1.82) is 0 Å². The van der Waals surface area contributed by atoms with Gasteiger partial charge in [0.1, 0.15) is 36.3 Å². The van der Waals surface area contributed by atoms with Gasteiger partial charge in [-0.15, -0.1) is 0 Å². The van der Waals surface area contributed by atoms with Crippen molar-refractivity contribution in [2.24, 2.45) is 38.8 Å². The van der Waals surface area contributed by atoms with E-state index < -0.39 is 83.7 Å². The van der Waals surface area contributed by atoms with Crippen LogP contribution < -0.4 is 49.5 Å². The zero-order chi connectivity index (χ0) is 45.8. The second kappa shape index (κ2) is 21.9. The van der Waals surface area contributed by atoms with Crippen LogP contribution in [0.2, 0.25) is 0 Å². The van der Waals surface area contributed by atoms with Gasteiger partial charge in [-0.1, -0.05) is 62.7 Å². The zero-order valence-corrected chi connectivity index (χ0v) is 35.9. The summed E-state index contributed by atoms with van der Waals surface area (Å²) in [6.45, 7) is 5.08. The molecule has 0 radical (unpaired) electrons. The number of nitrogens with two attached hydrogens (primary N) is 4. The van der Waals surface area contributed by atoms with E-state index in [2.05, 4.69) is 41.6 Å². The van der Waals surface area contributed by atoms with Gasteiger partial charge < -0.3 is 64.5 Å². The first-order valence-corrected chi connectivity index (χ1v) is 21.3. The summed E-state index contributed by atoms with van der Waals surface area (Å²) in [6, 6.07) is 7.02. The van der Waals surface area contributed by atoms with Gasteiger partial charge in [0.2, 0.25) is 35.4 Å². The Bertz CT molecular complexity index is 2180. The number of fused-ring (bicyclic) bond motifs is 3. The third-order valence-electron chi connectivity index (χ3n) is 11.6. The quantitative estimate of drug-likeness (QED) is 0.0541. The third-order valence-corrected chi connectivity index (χ3v) is 11.6. The monoisotopic (exact) mass is 871 g/mol. The highest BCUT2D eigenvalue weighted by Crippen LogP contribution is 2.27. The molecule has 1 aromatic heterocycles. The van der Waals surface area contributed by atoms with Gasteiger partial charge in [0.05, 0.1) is 6.10 Å². The Morgan fingerprint density at radius 1 is 0.714 bits per heavy atom. The molecule has 15 N–H and O–H groups in total. The molecule has 0 aliphatic carbocycles. The molecule has 0 bridgehead atoms. The minimum Gasteiger partial charge on any atom is -0.391 e. The number of guanidine groups is 2. The molecule has 340 valence electrons. The number of aromatic amines is 1. The number of rotatable bonds is 13. The van der Waals surface area contributed by atoms with E-state index in [0.717, 1.165) is 22.0 Å². The highest BCUT2D eigenvalue weighted by atomic mass is 16.3. The van der Waals surface area contributed by atoms with E-state index in [4.69, 9.17) is 22.9 Å². The van der Waals surface area contributed by atoms with Crippen LogP contribution in [0.4, 0.5) is 0 Å². The average Bonchev–Trinajstić information content (AvgIpc) is 3.66. The number of hydrogen-bond acceptors (Lipinski definition) is 9. The molecule has 2 aromatic carbocycles. The molecule has 8 atom stereocenters. The molecule has 2 aliphatic heterocycles. The summed E-state index contributed by atoms with van der Waals surface area (Å²) in [5.74, 6) is -5.16. The van der Waals surface area contributed by atoms with Gasteiger partial charge in [-0.3, -0.25) is 38.8 Å². The van der Waals surface area contributed by atoms with E-state index in [1.165, 1.54) is 11.8 Å². The fraction of sp³-hybridized carbons (Fsp3) is 0.488. The molecule has 1 saturated heterocycles. The molecule has 63 heavy (non-hydrogen) atoms. The van der Waals surface area contributed by atoms with Crippen LogP contribution in [-0.4, -0.2) is 118 Å². The number of benzene rings is 2. The van der Waals surface area contributed by atoms with Crippen LogP contribution in [-0.2, 0) is 48.2 Å². The van der Waals surface area contributed by atoms with Crippen LogP contribution in [0.25, 0.3) is 10.9 Å².